The molecule has 0 aromatic rings. The second-order valence-electron chi connectivity index (χ2n) is 4.61. The van der Waals surface area contributed by atoms with Crippen LogP contribution >= 0.6 is 0 Å². The molecule has 1 fully saturated rings. The van der Waals surface area contributed by atoms with E-state index in [9.17, 15) is 5.11 Å². The molecule has 1 rings (SSSR count). The SMILES string of the molecule is CC(C)CCN1CCCC(O)CC1. The van der Waals surface area contributed by atoms with Crippen molar-refractivity contribution < 1.29 is 5.11 Å². The summed E-state index contributed by atoms with van der Waals surface area (Å²) in [5, 5.41) is 9.46. The lowest BCUT2D eigenvalue weighted by atomic mass is 10.1. The molecule has 2 heteroatoms. The summed E-state index contributed by atoms with van der Waals surface area (Å²) in [6.45, 7) is 8.03. The van der Waals surface area contributed by atoms with E-state index in [1.54, 1.807) is 0 Å². The number of hydrogen-bond donors (Lipinski definition) is 1. The van der Waals surface area contributed by atoms with Gasteiger partial charge in [-0.3, -0.25) is 0 Å². The second-order valence-corrected chi connectivity index (χ2v) is 4.61. The lowest BCUT2D eigenvalue weighted by Crippen LogP contribution is -2.27. The topological polar surface area (TPSA) is 23.5 Å². The molecule has 1 aliphatic rings. The van der Waals surface area contributed by atoms with Crippen molar-refractivity contribution in [3.8, 4) is 0 Å². The molecule has 0 aliphatic carbocycles. The van der Waals surface area contributed by atoms with E-state index in [1.165, 1.54) is 25.9 Å². The van der Waals surface area contributed by atoms with Gasteiger partial charge in [0.1, 0.15) is 0 Å². The zero-order valence-electron chi connectivity index (χ0n) is 9.00. The molecule has 1 aliphatic heterocycles. The highest BCUT2D eigenvalue weighted by molar-refractivity contribution is 4.69. The fourth-order valence-corrected chi connectivity index (χ4v) is 1.80. The van der Waals surface area contributed by atoms with Gasteiger partial charge in [0.05, 0.1) is 6.10 Å². The number of aliphatic hydroxyl groups is 1. The van der Waals surface area contributed by atoms with Crippen LogP contribution in [0, 0.1) is 5.92 Å². The molecule has 0 aromatic heterocycles. The van der Waals surface area contributed by atoms with Crippen LogP contribution in [0.2, 0.25) is 0 Å². The highest BCUT2D eigenvalue weighted by Gasteiger charge is 2.14. The average molecular weight is 185 g/mol. The number of hydrogen-bond acceptors (Lipinski definition) is 2. The zero-order chi connectivity index (χ0) is 9.68. The Hall–Kier alpha value is -0.0800. The average Bonchev–Trinajstić information content (AvgIpc) is 2.27. The van der Waals surface area contributed by atoms with Crippen molar-refractivity contribution in [2.75, 3.05) is 19.6 Å². The van der Waals surface area contributed by atoms with Crippen molar-refractivity contribution in [1.29, 1.82) is 0 Å². The van der Waals surface area contributed by atoms with Crippen molar-refractivity contribution in [3.63, 3.8) is 0 Å². The van der Waals surface area contributed by atoms with E-state index in [2.05, 4.69) is 18.7 Å². The Morgan fingerprint density at radius 1 is 1.31 bits per heavy atom. The maximum absolute atomic E-state index is 9.46. The normalized spacial score (nSPS) is 26.3. The predicted octanol–water partition coefficient (Wildman–Crippen LogP) is 1.88. The van der Waals surface area contributed by atoms with Gasteiger partial charge in [-0.1, -0.05) is 13.8 Å². The molecule has 0 radical (unpaired) electrons. The maximum atomic E-state index is 9.46. The number of rotatable bonds is 3. The lowest BCUT2D eigenvalue weighted by molar-refractivity contribution is 0.154. The third-order valence-corrected chi connectivity index (χ3v) is 2.81. The Morgan fingerprint density at radius 2 is 2.08 bits per heavy atom. The Morgan fingerprint density at radius 3 is 2.77 bits per heavy atom. The molecule has 1 atom stereocenters. The van der Waals surface area contributed by atoms with Gasteiger partial charge in [0.2, 0.25) is 0 Å². The van der Waals surface area contributed by atoms with Crippen molar-refractivity contribution in [1.82, 2.24) is 4.90 Å². The molecule has 1 unspecified atom stereocenters. The first kappa shape index (κ1) is 11.0. The molecule has 0 amide bonds. The van der Waals surface area contributed by atoms with Crippen LogP contribution in [-0.4, -0.2) is 35.7 Å². The number of nitrogens with zero attached hydrogens (tertiary/aromatic N) is 1. The fourth-order valence-electron chi connectivity index (χ4n) is 1.80. The Kier molecular flexibility index (Phi) is 4.74. The van der Waals surface area contributed by atoms with Crippen LogP contribution in [0.15, 0.2) is 0 Å². The van der Waals surface area contributed by atoms with E-state index in [-0.39, 0.29) is 6.10 Å². The number of aliphatic hydroxyl groups excluding tert-OH is 1. The second kappa shape index (κ2) is 5.61. The highest BCUT2D eigenvalue weighted by atomic mass is 16.3. The van der Waals surface area contributed by atoms with E-state index in [0.717, 1.165) is 25.3 Å². The van der Waals surface area contributed by atoms with Crippen LogP contribution in [0.4, 0.5) is 0 Å². The predicted molar refractivity (Wildman–Crippen MR) is 55.8 cm³/mol. The van der Waals surface area contributed by atoms with Gasteiger partial charge < -0.3 is 10.0 Å². The highest BCUT2D eigenvalue weighted by Crippen LogP contribution is 2.12. The van der Waals surface area contributed by atoms with E-state index >= 15 is 0 Å². The van der Waals surface area contributed by atoms with Gasteiger partial charge in [-0.2, -0.15) is 0 Å². The summed E-state index contributed by atoms with van der Waals surface area (Å²) in [4.78, 5) is 2.50. The van der Waals surface area contributed by atoms with E-state index in [1.807, 2.05) is 0 Å². The maximum Gasteiger partial charge on any atom is 0.0553 e. The van der Waals surface area contributed by atoms with Crippen LogP contribution in [-0.2, 0) is 0 Å². The van der Waals surface area contributed by atoms with Crippen molar-refractivity contribution >= 4 is 0 Å². The van der Waals surface area contributed by atoms with Crippen molar-refractivity contribution in [2.24, 2.45) is 5.92 Å². The van der Waals surface area contributed by atoms with Gasteiger partial charge in [0.15, 0.2) is 0 Å². The summed E-state index contributed by atoms with van der Waals surface area (Å²) in [5.74, 6) is 0.799. The molecule has 1 N–H and O–H groups in total. The molecular formula is C11H23NO. The van der Waals surface area contributed by atoms with Gasteiger partial charge in [-0.25, -0.2) is 0 Å². The minimum atomic E-state index is -0.0379. The van der Waals surface area contributed by atoms with Crippen LogP contribution < -0.4 is 0 Å². The van der Waals surface area contributed by atoms with Gasteiger partial charge >= 0.3 is 0 Å². The fraction of sp³-hybridized carbons (Fsp3) is 1.00. The van der Waals surface area contributed by atoms with Crippen LogP contribution in [0.25, 0.3) is 0 Å². The first-order valence-electron chi connectivity index (χ1n) is 5.59. The summed E-state index contributed by atoms with van der Waals surface area (Å²) >= 11 is 0. The molecule has 1 saturated heterocycles. The van der Waals surface area contributed by atoms with Gasteiger partial charge in [0.25, 0.3) is 0 Å². The standard InChI is InChI=1S/C11H23NO/c1-10(2)5-8-12-7-3-4-11(13)6-9-12/h10-11,13H,3-9H2,1-2H3. The quantitative estimate of drug-likeness (QED) is 0.725. The Labute approximate surface area is 81.9 Å². The first-order chi connectivity index (χ1) is 6.18. The zero-order valence-corrected chi connectivity index (χ0v) is 9.00. The molecular weight excluding hydrogens is 162 g/mol. The summed E-state index contributed by atoms with van der Waals surface area (Å²) in [6.07, 6.45) is 4.38. The first-order valence-corrected chi connectivity index (χ1v) is 5.59. The summed E-state index contributed by atoms with van der Waals surface area (Å²) in [6, 6.07) is 0. The lowest BCUT2D eigenvalue weighted by Gasteiger charge is -2.20. The van der Waals surface area contributed by atoms with Crippen LogP contribution in [0.5, 0.6) is 0 Å². The molecule has 0 spiro atoms. The van der Waals surface area contributed by atoms with Crippen molar-refractivity contribution in [2.45, 2.75) is 45.6 Å². The smallest absolute Gasteiger partial charge is 0.0553 e. The molecule has 78 valence electrons. The Balaban J connectivity index is 2.18. The summed E-state index contributed by atoms with van der Waals surface area (Å²) < 4.78 is 0. The number of likely N-dealkylation sites (tertiary alicyclic amines) is 1. The van der Waals surface area contributed by atoms with E-state index < -0.39 is 0 Å². The van der Waals surface area contributed by atoms with Crippen LogP contribution in [0.3, 0.4) is 0 Å². The van der Waals surface area contributed by atoms with E-state index in [0.29, 0.717) is 0 Å². The van der Waals surface area contributed by atoms with Gasteiger partial charge in [-0.05, 0) is 44.7 Å². The monoisotopic (exact) mass is 185 g/mol. The molecule has 0 aromatic carbocycles. The Bertz CT molecular complexity index is 136. The van der Waals surface area contributed by atoms with E-state index in [4.69, 9.17) is 0 Å². The van der Waals surface area contributed by atoms with Crippen LogP contribution in [0.1, 0.15) is 39.5 Å². The summed E-state index contributed by atoms with van der Waals surface area (Å²) in [5.41, 5.74) is 0. The largest absolute Gasteiger partial charge is 0.393 e. The minimum absolute atomic E-state index is 0.0379. The van der Waals surface area contributed by atoms with Crippen molar-refractivity contribution in [3.05, 3.63) is 0 Å². The molecule has 1 heterocycles. The molecule has 0 bridgehead atoms. The molecule has 2 nitrogen and oxygen atoms in total. The third-order valence-electron chi connectivity index (χ3n) is 2.81. The van der Waals surface area contributed by atoms with Gasteiger partial charge in [-0.15, -0.1) is 0 Å². The molecule has 13 heavy (non-hydrogen) atoms. The van der Waals surface area contributed by atoms with Gasteiger partial charge in [0, 0.05) is 6.54 Å². The summed E-state index contributed by atoms with van der Waals surface area (Å²) in [7, 11) is 0. The third kappa shape index (κ3) is 4.63. The molecule has 0 saturated carbocycles. The minimum Gasteiger partial charge on any atom is -0.393 e.